The number of phosphoric ester groups is 1. The number of amides is 1. The summed E-state index contributed by atoms with van der Waals surface area (Å²) >= 11 is 0. The molecule has 0 heterocycles. The fraction of sp³-hybridized carbons (Fsp3) is 0.875. The maximum atomic E-state index is 12.8. The van der Waals surface area contributed by atoms with Crippen LogP contribution in [-0.2, 0) is 18.4 Å². The third-order valence-corrected chi connectivity index (χ3v) is 9.88. The van der Waals surface area contributed by atoms with E-state index in [1.807, 2.05) is 27.2 Å². The van der Waals surface area contributed by atoms with Crippen LogP contribution in [0.1, 0.15) is 174 Å². The Kier molecular flexibility index (Phi) is 32.2. The van der Waals surface area contributed by atoms with Gasteiger partial charge < -0.3 is 28.8 Å². The second-order valence-corrected chi connectivity index (χ2v) is 16.4. The molecule has 0 aromatic carbocycles. The van der Waals surface area contributed by atoms with E-state index in [0.29, 0.717) is 17.4 Å². The minimum Gasteiger partial charge on any atom is -0.756 e. The van der Waals surface area contributed by atoms with E-state index in [4.69, 9.17) is 9.05 Å². The smallest absolute Gasteiger partial charge is 0.268 e. The van der Waals surface area contributed by atoms with E-state index < -0.39 is 20.0 Å². The summed E-state index contributed by atoms with van der Waals surface area (Å²) < 4.78 is 23.1. The second kappa shape index (κ2) is 32.9. The van der Waals surface area contributed by atoms with Crippen molar-refractivity contribution < 1.29 is 32.9 Å². The zero-order chi connectivity index (χ0) is 36.5. The molecule has 0 aliphatic rings. The number of hydrogen-bond donors (Lipinski definition) is 2. The molecule has 0 fully saturated rings. The summed E-state index contributed by atoms with van der Waals surface area (Å²) in [5, 5.41) is 13.7. The number of likely N-dealkylation sites (N-methyl/N-ethyl adjacent to an activating group) is 1. The van der Waals surface area contributed by atoms with Gasteiger partial charge in [-0.1, -0.05) is 160 Å². The molecule has 0 bridgehead atoms. The lowest BCUT2D eigenvalue weighted by atomic mass is 10.0. The average Bonchev–Trinajstić information content (AvgIpc) is 3.04. The van der Waals surface area contributed by atoms with Crippen molar-refractivity contribution in [1.82, 2.24) is 5.32 Å². The van der Waals surface area contributed by atoms with Crippen LogP contribution in [0.3, 0.4) is 0 Å². The first-order valence-corrected chi connectivity index (χ1v) is 21.7. The van der Waals surface area contributed by atoms with Gasteiger partial charge in [0.25, 0.3) is 7.82 Å². The van der Waals surface area contributed by atoms with E-state index in [1.165, 1.54) is 116 Å². The third-order valence-electron chi connectivity index (χ3n) is 8.91. The maximum Gasteiger partial charge on any atom is 0.268 e. The third kappa shape index (κ3) is 35.2. The number of nitrogens with zero attached hydrogens (tertiary/aromatic N) is 1. The molecule has 0 rings (SSSR count). The Bertz CT molecular complexity index is 860. The molecule has 2 N–H and O–H groups in total. The van der Waals surface area contributed by atoms with Crippen LogP contribution in [0.5, 0.6) is 0 Å². The van der Waals surface area contributed by atoms with Gasteiger partial charge >= 0.3 is 0 Å². The van der Waals surface area contributed by atoms with E-state index in [-0.39, 0.29) is 19.1 Å². The summed E-state index contributed by atoms with van der Waals surface area (Å²) in [5.41, 5.74) is 0. The van der Waals surface area contributed by atoms with E-state index in [0.717, 1.165) is 38.5 Å². The van der Waals surface area contributed by atoms with Crippen LogP contribution < -0.4 is 10.2 Å². The Balaban J connectivity index is 4.51. The molecule has 0 saturated heterocycles. The highest BCUT2D eigenvalue weighted by Gasteiger charge is 2.23. The molecule has 0 saturated carbocycles. The predicted molar refractivity (Wildman–Crippen MR) is 205 cm³/mol. The van der Waals surface area contributed by atoms with Gasteiger partial charge in [-0.2, -0.15) is 0 Å². The number of rotatable bonds is 36. The maximum absolute atomic E-state index is 12.8. The van der Waals surface area contributed by atoms with Gasteiger partial charge in [-0.05, 0) is 32.1 Å². The number of nitrogens with one attached hydrogen (secondary N) is 1. The van der Waals surface area contributed by atoms with E-state index in [9.17, 15) is 19.4 Å². The Labute approximate surface area is 303 Å². The van der Waals surface area contributed by atoms with Crippen molar-refractivity contribution in [3.05, 3.63) is 24.3 Å². The van der Waals surface area contributed by atoms with Crippen molar-refractivity contribution in [2.75, 3.05) is 40.9 Å². The molecule has 8 nitrogen and oxygen atoms in total. The molecule has 290 valence electrons. The van der Waals surface area contributed by atoms with Crippen LogP contribution in [0.15, 0.2) is 24.3 Å². The Morgan fingerprint density at radius 1 is 0.694 bits per heavy atom. The number of quaternary nitrogens is 1. The number of unbranched alkanes of at least 4 members (excludes halogenated alkanes) is 21. The monoisotopic (exact) mass is 715 g/mol. The van der Waals surface area contributed by atoms with E-state index in [2.05, 4.69) is 31.3 Å². The molecule has 0 radical (unpaired) electrons. The molecule has 1 amide bonds. The molecule has 0 aliphatic heterocycles. The van der Waals surface area contributed by atoms with Gasteiger partial charge in [0.05, 0.1) is 39.9 Å². The first kappa shape index (κ1) is 48.0. The van der Waals surface area contributed by atoms with Crippen LogP contribution in [0.2, 0.25) is 0 Å². The zero-order valence-electron chi connectivity index (χ0n) is 32.6. The lowest BCUT2D eigenvalue weighted by Crippen LogP contribution is -2.45. The first-order valence-electron chi connectivity index (χ1n) is 20.2. The molecule has 0 aliphatic carbocycles. The molecule has 3 atom stereocenters. The summed E-state index contributed by atoms with van der Waals surface area (Å²) in [4.78, 5) is 25.2. The predicted octanol–water partition coefficient (Wildman–Crippen LogP) is 9.94. The molecule has 0 aromatic heterocycles. The van der Waals surface area contributed by atoms with Crippen molar-refractivity contribution in [2.45, 2.75) is 187 Å². The minimum atomic E-state index is -4.58. The standard InChI is InChI=1S/C40H79N2O6P/c1-6-8-10-12-14-16-18-20-21-22-24-26-28-30-32-34-40(44)41-38(37-48-49(45,46)47-36-35-42(3,4)5)39(43)33-31-29-27-25-23-19-17-15-13-11-9-7-2/h23,25,31,33,38-39,43H,6-22,24,26-30,32,34-37H2,1-5H3,(H-,41,44,45,46)/b25-23+,33-31+/t38-,39+/m0/s1. The van der Waals surface area contributed by atoms with E-state index >= 15 is 0 Å². The second-order valence-electron chi connectivity index (χ2n) is 15.0. The lowest BCUT2D eigenvalue weighted by Gasteiger charge is -2.29. The summed E-state index contributed by atoms with van der Waals surface area (Å²) in [6.07, 6.45) is 36.5. The van der Waals surface area contributed by atoms with Gasteiger partial charge in [0.2, 0.25) is 5.91 Å². The number of allylic oxidation sites excluding steroid dienone is 3. The van der Waals surface area contributed by atoms with Gasteiger partial charge in [0.15, 0.2) is 0 Å². The van der Waals surface area contributed by atoms with Crippen molar-refractivity contribution in [3.63, 3.8) is 0 Å². The van der Waals surface area contributed by atoms with Crippen LogP contribution in [0, 0.1) is 0 Å². The zero-order valence-corrected chi connectivity index (χ0v) is 33.5. The number of carbonyl (C=O) groups excluding carboxylic acids is 1. The van der Waals surface area contributed by atoms with Gasteiger partial charge in [-0.3, -0.25) is 9.36 Å². The molecule has 9 heteroatoms. The molecular formula is C40H79N2O6P. The van der Waals surface area contributed by atoms with Gasteiger partial charge in [-0.25, -0.2) is 0 Å². The molecule has 0 aromatic rings. The van der Waals surface area contributed by atoms with Crippen LogP contribution in [0.25, 0.3) is 0 Å². The highest BCUT2D eigenvalue weighted by molar-refractivity contribution is 7.45. The highest BCUT2D eigenvalue weighted by atomic mass is 31.2. The Morgan fingerprint density at radius 3 is 1.65 bits per heavy atom. The number of phosphoric acid groups is 1. The van der Waals surface area contributed by atoms with Gasteiger partial charge in [0.1, 0.15) is 13.2 Å². The molecular weight excluding hydrogens is 635 g/mol. The normalized spacial score (nSPS) is 14.8. The van der Waals surface area contributed by atoms with Crippen LogP contribution in [-0.4, -0.2) is 68.5 Å². The first-order chi connectivity index (χ1) is 23.5. The Hall–Kier alpha value is -1.02. The highest BCUT2D eigenvalue weighted by Crippen LogP contribution is 2.38. The quantitative estimate of drug-likeness (QED) is 0.0290. The van der Waals surface area contributed by atoms with Crippen molar-refractivity contribution in [3.8, 4) is 0 Å². The largest absolute Gasteiger partial charge is 0.756 e. The van der Waals surface area contributed by atoms with Gasteiger partial charge in [0, 0.05) is 6.42 Å². The SMILES string of the molecule is CCCCCCCC/C=C/CC/C=C/[C@@H](O)[C@H](COP(=O)([O-])OCC[N+](C)(C)C)NC(=O)CCCCCCCCCCCCCCCCC. The van der Waals surface area contributed by atoms with E-state index in [1.54, 1.807) is 6.08 Å². The number of aliphatic hydroxyl groups excluding tert-OH is 1. The fourth-order valence-corrected chi connectivity index (χ4v) is 6.36. The Morgan fingerprint density at radius 2 is 1.14 bits per heavy atom. The van der Waals surface area contributed by atoms with Crippen molar-refractivity contribution in [2.24, 2.45) is 0 Å². The molecule has 1 unspecified atom stereocenters. The molecule has 49 heavy (non-hydrogen) atoms. The van der Waals surface area contributed by atoms with Crippen LogP contribution >= 0.6 is 7.82 Å². The number of carbonyl (C=O) groups is 1. The summed E-state index contributed by atoms with van der Waals surface area (Å²) in [7, 11) is 1.24. The van der Waals surface area contributed by atoms with Crippen molar-refractivity contribution in [1.29, 1.82) is 0 Å². The molecule has 0 spiro atoms. The number of aliphatic hydroxyl groups is 1. The summed E-state index contributed by atoms with van der Waals surface area (Å²) in [5.74, 6) is -0.208. The summed E-state index contributed by atoms with van der Waals surface area (Å²) in [6, 6.07) is -0.896. The number of hydrogen-bond acceptors (Lipinski definition) is 6. The fourth-order valence-electron chi connectivity index (χ4n) is 5.64. The average molecular weight is 715 g/mol. The minimum absolute atomic E-state index is 0.00463. The topological polar surface area (TPSA) is 108 Å². The van der Waals surface area contributed by atoms with Gasteiger partial charge in [-0.15, -0.1) is 0 Å². The van der Waals surface area contributed by atoms with Crippen LogP contribution in [0.4, 0.5) is 0 Å². The summed E-state index contributed by atoms with van der Waals surface area (Å²) in [6.45, 7) is 4.60. The van der Waals surface area contributed by atoms with Crippen molar-refractivity contribution >= 4 is 13.7 Å². The lowest BCUT2D eigenvalue weighted by molar-refractivity contribution is -0.870.